The first kappa shape index (κ1) is 23.8. The average Bonchev–Trinajstić information content (AvgIpc) is 3.11. The summed E-state index contributed by atoms with van der Waals surface area (Å²) in [4.78, 5) is 28.1. The Morgan fingerprint density at radius 1 is 1.00 bits per heavy atom. The zero-order chi connectivity index (χ0) is 22.8. The van der Waals surface area contributed by atoms with E-state index in [0.717, 1.165) is 28.4 Å². The van der Waals surface area contributed by atoms with Gasteiger partial charge in [0.15, 0.2) is 5.82 Å². The second-order valence-corrected chi connectivity index (χ2v) is 11.7. The zero-order valence-corrected chi connectivity index (χ0v) is 21.0. The van der Waals surface area contributed by atoms with Crippen molar-refractivity contribution in [1.82, 2.24) is 15.0 Å². The van der Waals surface area contributed by atoms with Crippen LogP contribution < -0.4 is 0 Å². The Morgan fingerprint density at radius 3 is 2.10 bits per heavy atom. The van der Waals surface area contributed by atoms with Crippen LogP contribution in [0, 0.1) is 5.92 Å². The van der Waals surface area contributed by atoms with Gasteiger partial charge >= 0.3 is 5.97 Å². The van der Waals surface area contributed by atoms with Crippen molar-refractivity contribution < 1.29 is 9.53 Å². The first-order chi connectivity index (χ1) is 14.5. The molecule has 31 heavy (non-hydrogen) atoms. The third-order valence-corrected chi connectivity index (χ3v) is 6.89. The van der Waals surface area contributed by atoms with Crippen molar-refractivity contribution in [2.45, 2.75) is 97.8 Å². The number of hydrogen-bond acceptors (Lipinski definition) is 6. The molecule has 0 aliphatic heterocycles. The van der Waals surface area contributed by atoms with Crippen molar-refractivity contribution in [2.24, 2.45) is 5.92 Å². The highest BCUT2D eigenvalue weighted by molar-refractivity contribution is 7.17. The van der Waals surface area contributed by atoms with Crippen molar-refractivity contribution in [3.63, 3.8) is 0 Å². The van der Waals surface area contributed by atoms with Gasteiger partial charge in [0.05, 0.1) is 28.6 Å². The number of esters is 1. The highest BCUT2D eigenvalue weighted by Gasteiger charge is 2.28. The Hall–Kier alpha value is -1.82. The van der Waals surface area contributed by atoms with Gasteiger partial charge in [0.2, 0.25) is 5.01 Å². The fraction of sp³-hybridized carbons (Fsp3) is 0.680. The fourth-order valence-electron chi connectivity index (χ4n) is 3.93. The minimum absolute atomic E-state index is 0.101. The van der Waals surface area contributed by atoms with Gasteiger partial charge in [-0.3, -0.25) is 0 Å². The van der Waals surface area contributed by atoms with E-state index in [1.54, 1.807) is 0 Å². The molecule has 0 bridgehead atoms. The van der Waals surface area contributed by atoms with E-state index in [0.29, 0.717) is 23.4 Å². The second-order valence-electron chi connectivity index (χ2n) is 10.7. The highest BCUT2D eigenvalue weighted by atomic mass is 32.1. The van der Waals surface area contributed by atoms with E-state index in [-0.39, 0.29) is 16.8 Å². The topological polar surface area (TPSA) is 65.0 Å². The quantitative estimate of drug-likeness (QED) is 0.494. The summed E-state index contributed by atoms with van der Waals surface area (Å²) in [5.41, 5.74) is 2.77. The van der Waals surface area contributed by atoms with Crippen LogP contribution in [0.1, 0.15) is 107 Å². The fourth-order valence-corrected chi connectivity index (χ4v) is 4.85. The molecule has 0 aromatic carbocycles. The highest BCUT2D eigenvalue weighted by Crippen LogP contribution is 2.36. The molecule has 0 radical (unpaired) electrons. The van der Waals surface area contributed by atoms with Crippen LogP contribution in [-0.4, -0.2) is 27.5 Å². The van der Waals surface area contributed by atoms with Crippen LogP contribution in [0.15, 0.2) is 6.07 Å². The Bertz CT molecular complexity index is 884. The molecule has 2 aromatic heterocycles. The number of rotatable bonds is 5. The van der Waals surface area contributed by atoms with E-state index in [9.17, 15) is 4.79 Å². The van der Waals surface area contributed by atoms with E-state index < -0.39 is 0 Å². The Labute approximate surface area is 191 Å². The molecular weight excluding hydrogens is 406 g/mol. The van der Waals surface area contributed by atoms with Gasteiger partial charge in [0.25, 0.3) is 0 Å². The van der Waals surface area contributed by atoms with Gasteiger partial charge in [-0.05, 0) is 25.3 Å². The Morgan fingerprint density at radius 2 is 1.58 bits per heavy atom. The lowest BCUT2D eigenvalue weighted by Crippen LogP contribution is -2.20. The molecule has 2 heterocycles. The lowest BCUT2D eigenvalue weighted by atomic mass is 9.85. The molecule has 1 saturated carbocycles. The van der Waals surface area contributed by atoms with Crippen molar-refractivity contribution in [3.05, 3.63) is 28.2 Å². The SMILES string of the molecule is CCOC(=O)c1nc(CC2CCCCC2)c(-c2nc(C(C)(C)C)cc(C(C)(C)C)n2)s1. The molecule has 0 saturated heterocycles. The molecule has 0 unspecified atom stereocenters. The zero-order valence-electron chi connectivity index (χ0n) is 20.2. The summed E-state index contributed by atoms with van der Waals surface area (Å²) >= 11 is 1.38. The van der Waals surface area contributed by atoms with E-state index in [2.05, 4.69) is 47.6 Å². The molecule has 0 N–H and O–H groups in total. The van der Waals surface area contributed by atoms with Crippen molar-refractivity contribution in [2.75, 3.05) is 6.61 Å². The van der Waals surface area contributed by atoms with Gasteiger partial charge in [0, 0.05) is 10.8 Å². The minimum Gasteiger partial charge on any atom is -0.461 e. The summed E-state index contributed by atoms with van der Waals surface area (Å²) in [6.07, 6.45) is 7.20. The van der Waals surface area contributed by atoms with Crippen LogP contribution >= 0.6 is 11.3 Å². The maximum Gasteiger partial charge on any atom is 0.367 e. The maximum absolute atomic E-state index is 12.5. The summed E-state index contributed by atoms with van der Waals surface area (Å²) in [5.74, 6) is 0.945. The van der Waals surface area contributed by atoms with E-state index in [1.807, 2.05) is 6.92 Å². The Kier molecular flexibility index (Phi) is 7.19. The number of carbonyl (C=O) groups is 1. The van der Waals surface area contributed by atoms with Gasteiger partial charge in [-0.15, -0.1) is 11.3 Å². The number of aromatic nitrogens is 3. The van der Waals surface area contributed by atoms with E-state index in [1.165, 1.54) is 43.4 Å². The summed E-state index contributed by atoms with van der Waals surface area (Å²) in [6, 6.07) is 2.12. The standard InChI is InChI=1S/C25H37N3O2S/c1-8-30-23(29)22-26-17(14-16-12-10-9-11-13-16)20(31-22)21-27-18(24(2,3)4)15-19(28-21)25(5,6)7/h15-16H,8-14H2,1-7H3. The largest absolute Gasteiger partial charge is 0.461 e. The van der Waals surface area contributed by atoms with Gasteiger partial charge in [0.1, 0.15) is 0 Å². The van der Waals surface area contributed by atoms with Gasteiger partial charge in [-0.2, -0.15) is 0 Å². The van der Waals surface area contributed by atoms with Crippen LogP contribution in [-0.2, 0) is 22.0 Å². The monoisotopic (exact) mass is 443 g/mol. The normalized spacial score (nSPS) is 15.8. The smallest absolute Gasteiger partial charge is 0.367 e. The summed E-state index contributed by atoms with van der Waals surface area (Å²) < 4.78 is 5.25. The first-order valence-corrected chi connectivity index (χ1v) is 12.4. The number of thiazole rings is 1. The molecule has 0 spiro atoms. The van der Waals surface area contributed by atoms with Gasteiger partial charge < -0.3 is 4.74 Å². The molecule has 1 aliphatic carbocycles. The Balaban J connectivity index is 2.11. The molecule has 0 atom stereocenters. The average molecular weight is 444 g/mol. The number of ether oxygens (including phenoxy) is 1. The van der Waals surface area contributed by atoms with Crippen LogP contribution in [0.25, 0.3) is 10.7 Å². The minimum atomic E-state index is -0.355. The predicted octanol–water partition coefficient (Wildman–Crippen LogP) is 6.49. The molecule has 2 aromatic rings. The third-order valence-electron chi connectivity index (χ3n) is 5.82. The van der Waals surface area contributed by atoms with Crippen LogP contribution in [0.5, 0.6) is 0 Å². The maximum atomic E-state index is 12.5. The lowest BCUT2D eigenvalue weighted by Gasteiger charge is -2.24. The van der Waals surface area contributed by atoms with Crippen LogP contribution in [0.3, 0.4) is 0 Å². The lowest BCUT2D eigenvalue weighted by molar-refractivity contribution is 0.0525. The summed E-state index contributed by atoms with van der Waals surface area (Å²) in [7, 11) is 0. The van der Waals surface area contributed by atoms with Gasteiger partial charge in [-0.1, -0.05) is 73.6 Å². The third kappa shape index (κ3) is 5.91. The molecule has 0 amide bonds. The van der Waals surface area contributed by atoms with Crippen molar-refractivity contribution >= 4 is 17.3 Å². The van der Waals surface area contributed by atoms with Crippen molar-refractivity contribution in [1.29, 1.82) is 0 Å². The summed E-state index contributed by atoms with van der Waals surface area (Å²) in [6.45, 7) is 15.2. The van der Waals surface area contributed by atoms with E-state index in [4.69, 9.17) is 19.7 Å². The van der Waals surface area contributed by atoms with Crippen LogP contribution in [0.2, 0.25) is 0 Å². The number of carbonyl (C=O) groups excluding carboxylic acids is 1. The molecule has 170 valence electrons. The van der Waals surface area contributed by atoms with E-state index >= 15 is 0 Å². The van der Waals surface area contributed by atoms with Crippen LogP contribution in [0.4, 0.5) is 0 Å². The molecule has 1 fully saturated rings. The van der Waals surface area contributed by atoms with Gasteiger partial charge in [-0.25, -0.2) is 19.7 Å². The first-order valence-electron chi connectivity index (χ1n) is 11.6. The second kappa shape index (κ2) is 9.35. The number of nitrogens with zero attached hydrogens (tertiary/aromatic N) is 3. The molecule has 6 heteroatoms. The predicted molar refractivity (Wildman–Crippen MR) is 127 cm³/mol. The van der Waals surface area contributed by atoms with Crippen molar-refractivity contribution in [3.8, 4) is 10.7 Å². The molecule has 3 rings (SSSR count). The molecular formula is C25H37N3O2S. The molecule has 5 nitrogen and oxygen atoms in total. The summed E-state index contributed by atoms with van der Waals surface area (Å²) in [5, 5.41) is 0.407. The number of hydrogen-bond donors (Lipinski definition) is 0. The molecule has 1 aliphatic rings.